The van der Waals surface area contributed by atoms with Gasteiger partial charge in [-0.2, -0.15) is 0 Å². The molecule has 1 heterocycles. The second-order valence-electron chi connectivity index (χ2n) is 5.80. The molecule has 1 aliphatic carbocycles. The number of rotatable bonds is 3. The van der Waals surface area contributed by atoms with Crippen molar-refractivity contribution in [2.75, 3.05) is 13.2 Å². The number of hydrogen-bond donors (Lipinski definition) is 2. The van der Waals surface area contributed by atoms with E-state index in [0.717, 1.165) is 38.9 Å². The highest BCUT2D eigenvalue weighted by Crippen LogP contribution is 2.37. The van der Waals surface area contributed by atoms with Gasteiger partial charge in [-0.3, -0.25) is 4.79 Å². The number of carbonyl (C=O) groups is 1. The quantitative estimate of drug-likeness (QED) is 0.775. The van der Waals surface area contributed by atoms with Crippen LogP contribution in [0, 0.1) is 11.3 Å². The van der Waals surface area contributed by atoms with Crippen molar-refractivity contribution in [1.82, 2.24) is 5.32 Å². The molecule has 1 aliphatic heterocycles. The summed E-state index contributed by atoms with van der Waals surface area (Å²) < 4.78 is 5.36. The lowest BCUT2D eigenvalue weighted by Gasteiger charge is -2.30. The van der Waals surface area contributed by atoms with E-state index >= 15 is 0 Å². The minimum atomic E-state index is -0.367. The van der Waals surface area contributed by atoms with Crippen LogP contribution in [0.2, 0.25) is 0 Å². The van der Waals surface area contributed by atoms with Crippen molar-refractivity contribution < 1.29 is 9.53 Å². The van der Waals surface area contributed by atoms with E-state index in [9.17, 15) is 4.79 Å². The molecule has 4 heteroatoms. The van der Waals surface area contributed by atoms with E-state index in [1.165, 1.54) is 0 Å². The third kappa shape index (κ3) is 2.47. The summed E-state index contributed by atoms with van der Waals surface area (Å²) >= 11 is 0. The Labute approximate surface area is 103 Å². The first-order valence-electron chi connectivity index (χ1n) is 6.68. The topological polar surface area (TPSA) is 64.4 Å². The van der Waals surface area contributed by atoms with Crippen LogP contribution in [-0.4, -0.2) is 31.2 Å². The first-order chi connectivity index (χ1) is 8.04. The molecular formula is C13H24N2O2. The number of nitrogens with two attached hydrogens (primary N) is 1. The van der Waals surface area contributed by atoms with E-state index in [-0.39, 0.29) is 23.4 Å². The molecule has 98 valence electrons. The molecule has 4 unspecified atom stereocenters. The van der Waals surface area contributed by atoms with Crippen LogP contribution in [0.25, 0.3) is 0 Å². The maximum Gasteiger partial charge on any atom is 0.227 e. The molecule has 2 aliphatic rings. The van der Waals surface area contributed by atoms with Crippen molar-refractivity contribution in [1.29, 1.82) is 0 Å². The Morgan fingerprint density at radius 2 is 2.29 bits per heavy atom. The standard InChI is InChI=1S/C13H24N2O2/c1-9(10-5-7-17-8-10)15-12(16)13(2)6-3-4-11(13)14/h9-11H,3-8,14H2,1-2H3,(H,15,16). The highest BCUT2D eigenvalue weighted by molar-refractivity contribution is 5.83. The van der Waals surface area contributed by atoms with Gasteiger partial charge in [-0.25, -0.2) is 0 Å². The molecule has 0 aromatic heterocycles. The fraction of sp³-hybridized carbons (Fsp3) is 0.923. The molecule has 4 nitrogen and oxygen atoms in total. The lowest BCUT2D eigenvalue weighted by atomic mass is 9.83. The molecule has 0 spiro atoms. The van der Waals surface area contributed by atoms with Crippen LogP contribution in [0.1, 0.15) is 39.5 Å². The molecule has 2 fully saturated rings. The van der Waals surface area contributed by atoms with Crippen LogP contribution >= 0.6 is 0 Å². The maximum atomic E-state index is 12.3. The van der Waals surface area contributed by atoms with Gasteiger partial charge in [0.05, 0.1) is 12.0 Å². The summed E-state index contributed by atoms with van der Waals surface area (Å²) in [7, 11) is 0. The minimum absolute atomic E-state index is 0.00882. The van der Waals surface area contributed by atoms with Gasteiger partial charge in [0.25, 0.3) is 0 Å². The summed E-state index contributed by atoms with van der Waals surface area (Å²) in [6, 6.07) is 0.198. The summed E-state index contributed by atoms with van der Waals surface area (Å²) in [6.45, 7) is 5.66. The second-order valence-corrected chi connectivity index (χ2v) is 5.80. The predicted molar refractivity (Wildman–Crippen MR) is 66.5 cm³/mol. The third-order valence-corrected chi connectivity index (χ3v) is 4.58. The van der Waals surface area contributed by atoms with E-state index in [4.69, 9.17) is 10.5 Å². The van der Waals surface area contributed by atoms with E-state index < -0.39 is 0 Å². The van der Waals surface area contributed by atoms with Crippen molar-refractivity contribution in [3.63, 3.8) is 0 Å². The molecule has 1 amide bonds. The molecule has 17 heavy (non-hydrogen) atoms. The van der Waals surface area contributed by atoms with Crippen LogP contribution in [0.15, 0.2) is 0 Å². The Kier molecular flexibility index (Phi) is 3.73. The normalized spacial score (nSPS) is 39.2. The number of amides is 1. The third-order valence-electron chi connectivity index (χ3n) is 4.58. The average molecular weight is 240 g/mol. The van der Waals surface area contributed by atoms with E-state index in [0.29, 0.717) is 5.92 Å². The van der Waals surface area contributed by atoms with Gasteiger partial charge in [0.1, 0.15) is 0 Å². The van der Waals surface area contributed by atoms with Crippen molar-refractivity contribution in [3.05, 3.63) is 0 Å². The van der Waals surface area contributed by atoms with Crippen molar-refractivity contribution >= 4 is 5.91 Å². The number of nitrogens with one attached hydrogen (secondary N) is 1. The van der Waals surface area contributed by atoms with Gasteiger partial charge < -0.3 is 15.8 Å². The second kappa shape index (κ2) is 4.94. The van der Waals surface area contributed by atoms with Gasteiger partial charge in [-0.05, 0) is 33.1 Å². The smallest absolute Gasteiger partial charge is 0.227 e. The monoisotopic (exact) mass is 240 g/mol. The Balaban J connectivity index is 1.91. The van der Waals surface area contributed by atoms with Crippen LogP contribution in [0.4, 0.5) is 0 Å². The van der Waals surface area contributed by atoms with Gasteiger partial charge >= 0.3 is 0 Å². The molecule has 1 saturated carbocycles. The zero-order valence-electron chi connectivity index (χ0n) is 10.9. The van der Waals surface area contributed by atoms with Crippen LogP contribution < -0.4 is 11.1 Å². The molecular weight excluding hydrogens is 216 g/mol. The summed E-state index contributed by atoms with van der Waals surface area (Å²) in [5.74, 6) is 0.585. The van der Waals surface area contributed by atoms with Crippen LogP contribution in [-0.2, 0) is 9.53 Å². The zero-order chi connectivity index (χ0) is 12.5. The van der Waals surface area contributed by atoms with Crippen LogP contribution in [0.5, 0.6) is 0 Å². The SMILES string of the molecule is CC(NC(=O)C1(C)CCCC1N)C1CCOC1. The molecule has 0 radical (unpaired) electrons. The van der Waals surface area contributed by atoms with Gasteiger partial charge in [0, 0.05) is 24.6 Å². The molecule has 2 rings (SSSR count). The van der Waals surface area contributed by atoms with Crippen molar-refractivity contribution in [2.24, 2.45) is 17.1 Å². The van der Waals surface area contributed by atoms with Crippen LogP contribution in [0.3, 0.4) is 0 Å². The largest absolute Gasteiger partial charge is 0.381 e. The Bertz CT molecular complexity index is 289. The first-order valence-corrected chi connectivity index (χ1v) is 6.68. The van der Waals surface area contributed by atoms with Crippen molar-refractivity contribution in [3.8, 4) is 0 Å². The van der Waals surface area contributed by atoms with Gasteiger partial charge in [0.15, 0.2) is 0 Å². The molecule has 1 saturated heterocycles. The highest BCUT2D eigenvalue weighted by Gasteiger charge is 2.43. The fourth-order valence-corrected chi connectivity index (χ4v) is 2.91. The Hall–Kier alpha value is -0.610. The highest BCUT2D eigenvalue weighted by atomic mass is 16.5. The molecule has 0 aromatic carbocycles. The molecule has 4 atom stereocenters. The molecule has 3 N–H and O–H groups in total. The first kappa shape index (κ1) is 12.8. The minimum Gasteiger partial charge on any atom is -0.381 e. The number of ether oxygens (including phenoxy) is 1. The van der Waals surface area contributed by atoms with E-state index in [2.05, 4.69) is 12.2 Å². The van der Waals surface area contributed by atoms with E-state index in [1.54, 1.807) is 0 Å². The lowest BCUT2D eigenvalue weighted by Crippen LogP contribution is -2.51. The van der Waals surface area contributed by atoms with Gasteiger partial charge in [-0.15, -0.1) is 0 Å². The average Bonchev–Trinajstić information content (AvgIpc) is 2.90. The van der Waals surface area contributed by atoms with Crippen molar-refractivity contribution in [2.45, 2.75) is 51.6 Å². The molecule has 0 aromatic rings. The lowest BCUT2D eigenvalue weighted by molar-refractivity contribution is -0.131. The maximum absolute atomic E-state index is 12.3. The Morgan fingerprint density at radius 3 is 2.82 bits per heavy atom. The summed E-state index contributed by atoms with van der Waals surface area (Å²) in [4.78, 5) is 12.3. The summed E-state index contributed by atoms with van der Waals surface area (Å²) in [6.07, 6.45) is 3.98. The zero-order valence-corrected chi connectivity index (χ0v) is 10.9. The summed E-state index contributed by atoms with van der Waals surface area (Å²) in [5, 5.41) is 3.14. The molecule has 0 bridgehead atoms. The predicted octanol–water partition coefficient (Wildman–Crippen LogP) is 1.05. The Morgan fingerprint density at radius 1 is 1.53 bits per heavy atom. The number of hydrogen-bond acceptors (Lipinski definition) is 3. The van der Waals surface area contributed by atoms with E-state index in [1.807, 2.05) is 6.92 Å². The van der Waals surface area contributed by atoms with Gasteiger partial charge in [-0.1, -0.05) is 6.42 Å². The fourth-order valence-electron chi connectivity index (χ4n) is 2.91. The number of carbonyl (C=O) groups excluding carboxylic acids is 1. The van der Waals surface area contributed by atoms with Gasteiger partial charge in [0.2, 0.25) is 5.91 Å². The summed E-state index contributed by atoms with van der Waals surface area (Å²) in [5.41, 5.74) is 5.69.